The molecular formula is C5H6N2O2. The van der Waals surface area contributed by atoms with Gasteiger partial charge in [0.25, 0.3) is 0 Å². The third kappa shape index (κ3) is 4.40. The zero-order chi connectivity index (χ0) is 7.11. The number of nitrogens with zero attached hydrogens (tertiary/aromatic N) is 1. The van der Waals surface area contributed by atoms with Crippen LogP contribution in [0.4, 0.5) is 0 Å². The highest BCUT2D eigenvalue weighted by Crippen LogP contribution is 1.60. The summed E-state index contributed by atoms with van der Waals surface area (Å²) in [5, 5.41) is 2.15. The van der Waals surface area contributed by atoms with Gasteiger partial charge in [0.1, 0.15) is 0 Å². The van der Waals surface area contributed by atoms with E-state index >= 15 is 0 Å². The molecule has 0 unspecified atom stereocenters. The van der Waals surface area contributed by atoms with Crippen molar-refractivity contribution >= 4 is 18.7 Å². The number of hydrogen-bond donors (Lipinski definition) is 1. The number of rotatable bonds is 3. The van der Waals surface area contributed by atoms with E-state index in [0.717, 1.165) is 12.4 Å². The van der Waals surface area contributed by atoms with Gasteiger partial charge in [-0.25, -0.2) is 4.99 Å². The van der Waals surface area contributed by atoms with Gasteiger partial charge in [0.2, 0.25) is 12.3 Å². The Morgan fingerprint density at radius 2 is 2.33 bits per heavy atom. The molecule has 0 aromatic rings. The molecule has 48 valence electrons. The van der Waals surface area contributed by atoms with Crippen LogP contribution in [0.1, 0.15) is 0 Å². The summed E-state index contributed by atoms with van der Waals surface area (Å²) in [6.07, 6.45) is 2.40. The summed E-state index contributed by atoms with van der Waals surface area (Å²) in [6, 6.07) is 0. The van der Waals surface area contributed by atoms with E-state index in [2.05, 4.69) is 16.9 Å². The maximum atomic E-state index is 10.3. The van der Waals surface area contributed by atoms with Crippen molar-refractivity contribution in [2.24, 2.45) is 4.99 Å². The molecule has 0 rings (SSSR count). The van der Waals surface area contributed by atoms with Crippen LogP contribution in [0.15, 0.2) is 17.6 Å². The summed E-state index contributed by atoms with van der Waals surface area (Å²) < 4.78 is 0. The fraction of sp³-hybridized carbons (Fsp3) is 0. The van der Waals surface area contributed by atoms with Gasteiger partial charge in [0, 0.05) is 0 Å². The Labute approximate surface area is 52.3 Å². The van der Waals surface area contributed by atoms with E-state index in [-0.39, 0.29) is 5.91 Å². The van der Waals surface area contributed by atoms with E-state index in [9.17, 15) is 9.59 Å². The second-order valence-corrected chi connectivity index (χ2v) is 1.10. The molecule has 0 bridgehead atoms. The van der Waals surface area contributed by atoms with Crippen molar-refractivity contribution in [1.29, 1.82) is 0 Å². The molecule has 0 fully saturated rings. The van der Waals surface area contributed by atoms with Gasteiger partial charge in [-0.05, 0) is 6.08 Å². The molecule has 0 heterocycles. The van der Waals surface area contributed by atoms with Crippen LogP contribution in [0.3, 0.4) is 0 Å². The quantitative estimate of drug-likeness (QED) is 0.239. The first-order valence-electron chi connectivity index (χ1n) is 2.19. The van der Waals surface area contributed by atoms with Crippen molar-refractivity contribution in [3.63, 3.8) is 0 Å². The Hall–Kier alpha value is -1.45. The standard InChI is InChI=1S/C5H6N2O2/c1-2-5(9)7-3-6-4-8/h2-4H,1H2,(H,6,7,8,9). The number of hydrogen-bond acceptors (Lipinski definition) is 2. The average Bonchev–Trinajstić information content (AvgIpc) is 1.89. The molecule has 4 nitrogen and oxygen atoms in total. The van der Waals surface area contributed by atoms with E-state index < -0.39 is 0 Å². The molecule has 0 aromatic carbocycles. The Bertz CT molecular complexity index is 151. The van der Waals surface area contributed by atoms with E-state index in [1.807, 2.05) is 0 Å². The zero-order valence-electron chi connectivity index (χ0n) is 4.70. The number of nitrogens with one attached hydrogen (secondary N) is 1. The molecule has 0 spiro atoms. The van der Waals surface area contributed by atoms with Gasteiger partial charge < -0.3 is 5.32 Å². The lowest BCUT2D eigenvalue weighted by atomic mass is 10.6. The summed E-state index contributed by atoms with van der Waals surface area (Å²) in [5.41, 5.74) is 0. The van der Waals surface area contributed by atoms with Crippen LogP contribution < -0.4 is 5.32 Å². The first-order chi connectivity index (χ1) is 4.31. The van der Waals surface area contributed by atoms with Crippen LogP contribution in [0, 0.1) is 0 Å². The number of carbonyl (C=O) groups excluding carboxylic acids is 2. The van der Waals surface area contributed by atoms with Crippen LogP contribution >= 0.6 is 0 Å². The largest absolute Gasteiger partial charge is 0.313 e. The maximum Gasteiger partial charge on any atom is 0.248 e. The summed E-state index contributed by atoms with van der Waals surface area (Å²) in [5.74, 6) is -0.388. The van der Waals surface area contributed by atoms with Gasteiger partial charge in [0.05, 0.1) is 6.34 Å². The predicted molar refractivity (Wildman–Crippen MR) is 32.9 cm³/mol. The second kappa shape index (κ2) is 4.70. The molecule has 2 amide bonds. The third-order valence-corrected chi connectivity index (χ3v) is 0.528. The molecular weight excluding hydrogens is 120 g/mol. The monoisotopic (exact) mass is 126 g/mol. The Kier molecular flexibility index (Phi) is 3.95. The van der Waals surface area contributed by atoms with E-state index in [0.29, 0.717) is 6.41 Å². The van der Waals surface area contributed by atoms with Crippen molar-refractivity contribution in [3.8, 4) is 0 Å². The Morgan fingerprint density at radius 1 is 1.67 bits per heavy atom. The Balaban J connectivity index is 3.49. The SMILES string of the molecule is C=CC(=O)NC=NC=O. The molecule has 0 radical (unpaired) electrons. The number of aliphatic imine (C=N–C) groups is 1. The fourth-order valence-electron chi connectivity index (χ4n) is 0.190. The van der Waals surface area contributed by atoms with Gasteiger partial charge in [-0.2, -0.15) is 0 Å². The van der Waals surface area contributed by atoms with Crippen molar-refractivity contribution in [1.82, 2.24) is 5.32 Å². The van der Waals surface area contributed by atoms with Crippen molar-refractivity contribution in [2.75, 3.05) is 0 Å². The fourth-order valence-corrected chi connectivity index (χ4v) is 0.190. The second-order valence-electron chi connectivity index (χ2n) is 1.10. The van der Waals surface area contributed by atoms with Gasteiger partial charge in [-0.3, -0.25) is 9.59 Å². The minimum Gasteiger partial charge on any atom is -0.313 e. The average molecular weight is 126 g/mol. The van der Waals surface area contributed by atoms with Crippen LogP contribution in [0.25, 0.3) is 0 Å². The molecule has 0 aliphatic rings. The highest BCUT2D eigenvalue weighted by molar-refractivity contribution is 5.96. The minimum atomic E-state index is -0.388. The van der Waals surface area contributed by atoms with E-state index in [1.165, 1.54) is 0 Å². The molecule has 0 aliphatic heterocycles. The minimum absolute atomic E-state index is 0.323. The maximum absolute atomic E-state index is 10.3. The summed E-state index contributed by atoms with van der Waals surface area (Å²) in [7, 11) is 0. The molecule has 9 heavy (non-hydrogen) atoms. The molecule has 0 aromatic heterocycles. The Morgan fingerprint density at radius 3 is 2.78 bits per heavy atom. The lowest BCUT2D eigenvalue weighted by Gasteiger charge is -1.85. The lowest BCUT2D eigenvalue weighted by Crippen LogP contribution is -2.18. The topological polar surface area (TPSA) is 58.5 Å². The van der Waals surface area contributed by atoms with E-state index in [4.69, 9.17) is 0 Å². The van der Waals surface area contributed by atoms with Crippen LogP contribution in [0.2, 0.25) is 0 Å². The normalized spacial score (nSPS) is 8.89. The van der Waals surface area contributed by atoms with Crippen LogP contribution in [-0.2, 0) is 9.59 Å². The van der Waals surface area contributed by atoms with Gasteiger partial charge in [-0.15, -0.1) is 0 Å². The predicted octanol–water partition coefficient (Wildman–Crippen LogP) is -0.527. The first-order valence-corrected chi connectivity index (χ1v) is 2.19. The summed E-state index contributed by atoms with van der Waals surface area (Å²) >= 11 is 0. The van der Waals surface area contributed by atoms with Gasteiger partial charge >= 0.3 is 0 Å². The van der Waals surface area contributed by atoms with Crippen molar-refractivity contribution in [3.05, 3.63) is 12.7 Å². The smallest absolute Gasteiger partial charge is 0.248 e. The third-order valence-electron chi connectivity index (χ3n) is 0.528. The van der Waals surface area contributed by atoms with Crippen LogP contribution in [-0.4, -0.2) is 18.7 Å². The molecule has 1 N–H and O–H groups in total. The highest BCUT2D eigenvalue weighted by atomic mass is 16.1. The van der Waals surface area contributed by atoms with E-state index in [1.54, 1.807) is 0 Å². The number of carbonyl (C=O) groups is 2. The molecule has 0 saturated carbocycles. The summed E-state index contributed by atoms with van der Waals surface area (Å²) in [6.45, 7) is 3.18. The summed E-state index contributed by atoms with van der Waals surface area (Å²) in [4.78, 5) is 22.8. The first kappa shape index (κ1) is 7.55. The number of amides is 2. The molecule has 0 atom stereocenters. The van der Waals surface area contributed by atoms with Crippen LogP contribution in [0.5, 0.6) is 0 Å². The molecule has 0 saturated heterocycles. The zero-order valence-corrected chi connectivity index (χ0v) is 4.70. The van der Waals surface area contributed by atoms with Gasteiger partial charge in [0.15, 0.2) is 0 Å². The van der Waals surface area contributed by atoms with Gasteiger partial charge in [-0.1, -0.05) is 6.58 Å². The van der Waals surface area contributed by atoms with Crippen molar-refractivity contribution in [2.45, 2.75) is 0 Å². The van der Waals surface area contributed by atoms with Crippen molar-refractivity contribution < 1.29 is 9.59 Å². The molecule has 0 aliphatic carbocycles. The highest BCUT2D eigenvalue weighted by Gasteiger charge is 1.84. The lowest BCUT2D eigenvalue weighted by molar-refractivity contribution is -0.115. The molecule has 4 heteroatoms.